The molecule has 0 aromatic carbocycles. The normalized spacial score (nSPS) is 57.3. The third kappa shape index (κ3) is 0.581. The van der Waals surface area contributed by atoms with Crippen LogP contribution < -0.4 is 5.32 Å². The van der Waals surface area contributed by atoms with Crippen LogP contribution in [0, 0.1) is 23.2 Å². The van der Waals surface area contributed by atoms with Gasteiger partial charge in [-0.2, -0.15) is 0 Å². The van der Waals surface area contributed by atoms with Crippen LogP contribution in [0.2, 0.25) is 0 Å². The molecule has 1 heteroatoms. The summed E-state index contributed by atoms with van der Waals surface area (Å²) in [7, 11) is 0. The second-order valence-corrected chi connectivity index (χ2v) is 5.30. The van der Waals surface area contributed by atoms with Crippen molar-refractivity contribution in [1.82, 2.24) is 5.32 Å². The average Bonchev–Trinajstić information content (AvgIpc) is 2.41. The molecular formula is C10H17N. The van der Waals surface area contributed by atoms with Crippen molar-refractivity contribution in [1.29, 1.82) is 0 Å². The Kier molecular flexibility index (Phi) is 0.976. The molecule has 0 aromatic heterocycles. The van der Waals surface area contributed by atoms with Crippen LogP contribution >= 0.6 is 0 Å². The maximum absolute atomic E-state index is 3.70. The Morgan fingerprint density at radius 2 is 2.09 bits per heavy atom. The van der Waals surface area contributed by atoms with Crippen LogP contribution in [-0.4, -0.2) is 12.6 Å². The van der Waals surface area contributed by atoms with E-state index in [1.165, 1.54) is 19.4 Å². The Bertz CT molecular complexity index is 195. The largest absolute Gasteiger partial charge is 0.313 e. The van der Waals surface area contributed by atoms with Crippen molar-refractivity contribution in [3.63, 3.8) is 0 Å². The molecule has 1 aliphatic heterocycles. The molecule has 1 nitrogen and oxygen atoms in total. The minimum atomic E-state index is 0.609. The van der Waals surface area contributed by atoms with Gasteiger partial charge in [-0.1, -0.05) is 13.8 Å². The Hall–Kier alpha value is -0.0400. The summed E-state index contributed by atoms with van der Waals surface area (Å²) in [4.78, 5) is 0. The average molecular weight is 151 g/mol. The molecule has 1 heterocycles. The molecule has 3 rings (SSSR count). The maximum Gasteiger partial charge on any atom is 0.0152 e. The predicted molar refractivity (Wildman–Crippen MR) is 45.3 cm³/mol. The van der Waals surface area contributed by atoms with Gasteiger partial charge in [0, 0.05) is 6.04 Å². The van der Waals surface area contributed by atoms with Crippen molar-refractivity contribution in [2.45, 2.75) is 32.7 Å². The Labute approximate surface area is 68.6 Å². The zero-order chi connectivity index (χ0) is 7.64. The van der Waals surface area contributed by atoms with Crippen LogP contribution in [0.15, 0.2) is 0 Å². The molecule has 0 amide bonds. The van der Waals surface area contributed by atoms with Gasteiger partial charge in [0.15, 0.2) is 0 Å². The second kappa shape index (κ2) is 1.66. The van der Waals surface area contributed by atoms with Crippen molar-refractivity contribution < 1.29 is 0 Å². The first-order valence-electron chi connectivity index (χ1n) is 4.93. The molecule has 3 aliphatic rings. The highest BCUT2D eigenvalue weighted by Gasteiger charge is 2.59. The highest BCUT2D eigenvalue weighted by Crippen LogP contribution is 2.60. The summed E-state index contributed by atoms with van der Waals surface area (Å²) in [6.07, 6.45) is 3.04. The number of nitrogens with one attached hydrogen (secondary N) is 1. The summed E-state index contributed by atoms with van der Waals surface area (Å²) in [6, 6.07) is 0.867. The van der Waals surface area contributed by atoms with Crippen molar-refractivity contribution in [3.05, 3.63) is 0 Å². The smallest absolute Gasteiger partial charge is 0.0152 e. The highest BCUT2D eigenvalue weighted by atomic mass is 15.0. The van der Waals surface area contributed by atoms with E-state index in [2.05, 4.69) is 19.2 Å². The summed E-state index contributed by atoms with van der Waals surface area (Å²) in [5.41, 5.74) is 0.609. The topological polar surface area (TPSA) is 12.0 Å². The molecule has 62 valence electrons. The SMILES string of the molecule is CC1(C)C2CC3CNC1C3C2. The Morgan fingerprint density at radius 3 is 2.73 bits per heavy atom. The first kappa shape index (κ1) is 6.47. The summed E-state index contributed by atoms with van der Waals surface area (Å²) in [5.74, 6) is 3.14. The molecule has 11 heavy (non-hydrogen) atoms. The van der Waals surface area contributed by atoms with Crippen LogP contribution in [0.25, 0.3) is 0 Å². The maximum atomic E-state index is 3.70. The van der Waals surface area contributed by atoms with Gasteiger partial charge in [-0.05, 0) is 42.6 Å². The third-order valence-electron chi connectivity index (χ3n) is 4.63. The van der Waals surface area contributed by atoms with Gasteiger partial charge < -0.3 is 5.32 Å². The minimum absolute atomic E-state index is 0.609. The van der Waals surface area contributed by atoms with E-state index in [0.717, 1.165) is 23.8 Å². The van der Waals surface area contributed by atoms with Crippen LogP contribution in [-0.2, 0) is 0 Å². The quantitative estimate of drug-likeness (QED) is 0.555. The Morgan fingerprint density at radius 1 is 1.27 bits per heavy atom. The van der Waals surface area contributed by atoms with E-state index in [0.29, 0.717) is 5.41 Å². The van der Waals surface area contributed by atoms with Gasteiger partial charge in [0.1, 0.15) is 0 Å². The van der Waals surface area contributed by atoms with Crippen molar-refractivity contribution in [2.75, 3.05) is 6.54 Å². The van der Waals surface area contributed by atoms with E-state index in [4.69, 9.17) is 0 Å². The molecule has 0 spiro atoms. The number of fused-ring (bicyclic) bond motifs is 1. The standard InChI is InChI=1S/C10H17N/c1-10(2)7-3-6-5-11-9(10)8(6)4-7/h6-9,11H,3-5H2,1-2H3. The third-order valence-corrected chi connectivity index (χ3v) is 4.63. The van der Waals surface area contributed by atoms with Gasteiger partial charge in [-0.25, -0.2) is 0 Å². The summed E-state index contributed by atoms with van der Waals surface area (Å²) >= 11 is 0. The van der Waals surface area contributed by atoms with Crippen LogP contribution in [0.5, 0.6) is 0 Å². The highest BCUT2D eigenvalue weighted by molar-refractivity contribution is 5.12. The number of hydrogen-bond acceptors (Lipinski definition) is 1. The van der Waals surface area contributed by atoms with Gasteiger partial charge in [0.05, 0.1) is 0 Å². The van der Waals surface area contributed by atoms with E-state index >= 15 is 0 Å². The number of rotatable bonds is 0. The monoisotopic (exact) mass is 151 g/mol. The fourth-order valence-corrected chi connectivity index (χ4v) is 3.91. The van der Waals surface area contributed by atoms with Crippen LogP contribution in [0.1, 0.15) is 26.7 Å². The number of hydrogen-bond donors (Lipinski definition) is 1. The fraction of sp³-hybridized carbons (Fsp3) is 1.00. The molecular weight excluding hydrogens is 134 g/mol. The lowest BCUT2D eigenvalue weighted by molar-refractivity contribution is 0.174. The molecule has 1 N–H and O–H groups in total. The molecule has 0 aromatic rings. The van der Waals surface area contributed by atoms with Gasteiger partial charge in [0.25, 0.3) is 0 Å². The molecule has 1 saturated heterocycles. The van der Waals surface area contributed by atoms with Gasteiger partial charge in [-0.3, -0.25) is 0 Å². The van der Waals surface area contributed by atoms with Crippen molar-refractivity contribution in [2.24, 2.45) is 23.2 Å². The zero-order valence-corrected chi connectivity index (χ0v) is 7.43. The van der Waals surface area contributed by atoms with E-state index in [1.54, 1.807) is 0 Å². The summed E-state index contributed by atoms with van der Waals surface area (Å²) < 4.78 is 0. The van der Waals surface area contributed by atoms with E-state index < -0.39 is 0 Å². The lowest BCUT2D eigenvalue weighted by Gasteiger charge is -2.35. The van der Waals surface area contributed by atoms with Gasteiger partial charge in [0.2, 0.25) is 0 Å². The lowest BCUT2D eigenvalue weighted by atomic mass is 9.72. The van der Waals surface area contributed by atoms with E-state index in [9.17, 15) is 0 Å². The molecule has 3 fully saturated rings. The summed E-state index contributed by atoms with van der Waals surface area (Å²) in [6.45, 7) is 6.23. The van der Waals surface area contributed by atoms with Gasteiger partial charge >= 0.3 is 0 Å². The van der Waals surface area contributed by atoms with Crippen LogP contribution in [0.3, 0.4) is 0 Å². The molecule has 2 bridgehead atoms. The van der Waals surface area contributed by atoms with E-state index in [-0.39, 0.29) is 0 Å². The first-order valence-corrected chi connectivity index (χ1v) is 4.93. The van der Waals surface area contributed by atoms with Crippen LogP contribution in [0.4, 0.5) is 0 Å². The van der Waals surface area contributed by atoms with Gasteiger partial charge in [-0.15, -0.1) is 0 Å². The van der Waals surface area contributed by atoms with Crippen molar-refractivity contribution >= 4 is 0 Å². The fourth-order valence-electron chi connectivity index (χ4n) is 3.91. The lowest BCUT2D eigenvalue weighted by Crippen LogP contribution is -2.39. The Balaban J connectivity index is 2.04. The van der Waals surface area contributed by atoms with E-state index in [1.807, 2.05) is 0 Å². The summed E-state index contributed by atoms with van der Waals surface area (Å²) in [5, 5.41) is 3.70. The molecule has 0 radical (unpaired) electrons. The zero-order valence-electron chi connectivity index (χ0n) is 7.43. The first-order chi connectivity index (χ1) is 5.19. The second-order valence-electron chi connectivity index (χ2n) is 5.30. The molecule has 2 saturated carbocycles. The minimum Gasteiger partial charge on any atom is -0.313 e. The molecule has 2 aliphatic carbocycles. The predicted octanol–water partition coefficient (Wildman–Crippen LogP) is 1.64. The van der Waals surface area contributed by atoms with Crippen molar-refractivity contribution in [3.8, 4) is 0 Å². The molecule has 4 unspecified atom stereocenters. The molecule has 4 atom stereocenters.